The predicted octanol–water partition coefficient (Wildman–Crippen LogP) is 4.02. The summed E-state index contributed by atoms with van der Waals surface area (Å²) in [6.07, 6.45) is 6.63. The van der Waals surface area contributed by atoms with Gasteiger partial charge in [0, 0.05) is 25.7 Å². The van der Waals surface area contributed by atoms with E-state index in [0.717, 1.165) is 31.6 Å². The molecule has 1 aromatic rings. The van der Waals surface area contributed by atoms with Gasteiger partial charge in [0.2, 0.25) is 0 Å². The molecule has 1 aliphatic rings. The van der Waals surface area contributed by atoms with Crippen LogP contribution >= 0.6 is 0 Å². The lowest BCUT2D eigenvalue weighted by atomic mass is 9.82. The average molecular weight is 304 g/mol. The Morgan fingerprint density at radius 3 is 2.50 bits per heavy atom. The van der Waals surface area contributed by atoms with Crippen LogP contribution in [0, 0.1) is 11.3 Å². The fourth-order valence-corrected chi connectivity index (χ4v) is 2.67. The van der Waals surface area contributed by atoms with E-state index < -0.39 is 0 Å². The van der Waals surface area contributed by atoms with Crippen LogP contribution in [0.3, 0.4) is 0 Å². The number of nitrogens with zero attached hydrogens (tertiary/aromatic N) is 4. The Morgan fingerprint density at radius 1 is 1.18 bits per heavy atom. The summed E-state index contributed by atoms with van der Waals surface area (Å²) in [7, 11) is 0. The van der Waals surface area contributed by atoms with Crippen LogP contribution in [0.25, 0.3) is 5.57 Å². The maximum Gasteiger partial charge on any atom is 0.108 e. The van der Waals surface area contributed by atoms with Crippen LogP contribution in [0.5, 0.6) is 0 Å². The van der Waals surface area contributed by atoms with E-state index in [0.29, 0.717) is 17.4 Å². The van der Waals surface area contributed by atoms with Crippen molar-refractivity contribution in [3.05, 3.63) is 18.0 Å². The Balaban J connectivity index is 1.95. The van der Waals surface area contributed by atoms with Gasteiger partial charge < -0.3 is 4.90 Å². The Morgan fingerprint density at radius 2 is 1.91 bits per heavy atom. The second kappa shape index (κ2) is 6.95. The third-order valence-corrected chi connectivity index (χ3v) is 4.91. The van der Waals surface area contributed by atoms with Gasteiger partial charge in [-0.25, -0.2) is 4.68 Å². The first-order valence-electron chi connectivity index (χ1n) is 8.61. The quantitative estimate of drug-likeness (QED) is 0.842. The molecule has 1 aromatic heterocycles. The van der Waals surface area contributed by atoms with Crippen molar-refractivity contribution in [2.24, 2.45) is 11.3 Å². The minimum Gasteiger partial charge on any atom is -0.302 e. The van der Waals surface area contributed by atoms with Crippen molar-refractivity contribution in [2.45, 2.75) is 60.4 Å². The zero-order valence-corrected chi connectivity index (χ0v) is 15.1. The summed E-state index contributed by atoms with van der Waals surface area (Å²) in [6, 6.07) is 0.372. The van der Waals surface area contributed by atoms with Crippen LogP contribution in [0.1, 0.15) is 66.1 Å². The molecule has 0 radical (unpaired) electrons. The summed E-state index contributed by atoms with van der Waals surface area (Å²) in [4.78, 5) is 2.60. The summed E-state index contributed by atoms with van der Waals surface area (Å²) < 4.78 is 1.94. The first kappa shape index (κ1) is 17.2. The van der Waals surface area contributed by atoms with Gasteiger partial charge in [0.25, 0.3) is 0 Å². The molecule has 0 saturated heterocycles. The summed E-state index contributed by atoms with van der Waals surface area (Å²) >= 11 is 0. The Kier molecular flexibility index (Phi) is 5.43. The minimum atomic E-state index is 0.372. The van der Waals surface area contributed by atoms with Crippen molar-refractivity contribution in [2.75, 3.05) is 19.6 Å². The molecule has 124 valence electrons. The molecule has 1 aliphatic heterocycles. The summed E-state index contributed by atoms with van der Waals surface area (Å²) in [5.41, 5.74) is 2.79. The number of hydrogen-bond acceptors (Lipinski definition) is 3. The van der Waals surface area contributed by atoms with Crippen LogP contribution in [0.4, 0.5) is 0 Å². The van der Waals surface area contributed by atoms with E-state index in [1.54, 1.807) is 0 Å². The van der Waals surface area contributed by atoms with Gasteiger partial charge in [-0.05, 0) is 43.6 Å². The topological polar surface area (TPSA) is 34.0 Å². The van der Waals surface area contributed by atoms with E-state index in [1.807, 2.05) is 4.68 Å². The maximum absolute atomic E-state index is 4.35. The van der Waals surface area contributed by atoms with E-state index in [4.69, 9.17) is 0 Å². The lowest BCUT2D eigenvalue weighted by Crippen LogP contribution is -2.34. The van der Waals surface area contributed by atoms with Gasteiger partial charge in [0.05, 0.1) is 6.20 Å². The van der Waals surface area contributed by atoms with E-state index in [9.17, 15) is 0 Å². The smallest absolute Gasteiger partial charge is 0.108 e. The summed E-state index contributed by atoms with van der Waals surface area (Å²) in [6.45, 7) is 17.1. The van der Waals surface area contributed by atoms with Crippen molar-refractivity contribution in [3.63, 3.8) is 0 Å². The molecule has 1 unspecified atom stereocenters. The summed E-state index contributed by atoms with van der Waals surface area (Å²) in [5.74, 6) is 0.705. The molecule has 0 aliphatic carbocycles. The van der Waals surface area contributed by atoms with Gasteiger partial charge in [0.1, 0.15) is 5.69 Å². The maximum atomic E-state index is 4.35. The van der Waals surface area contributed by atoms with Gasteiger partial charge in [-0.1, -0.05) is 39.0 Å². The Hall–Kier alpha value is -1.16. The molecular formula is C18H32N4. The molecule has 0 saturated carbocycles. The van der Waals surface area contributed by atoms with Crippen LogP contribution in [0.15, 0.2) is 12.3 Å². The number of rotatable bonds is 4. The van der Waals surface area contributed by atoms with Crippen LogP contribution < -0.4 is 0 Å². The first-order valence-corrected chi connectivity index (χ1v) is 8.61. The van der Waals surface area contributed by atoms with Gasteiger partial charge in [0.15, 0.2) is 0 Å². The highest BCUT2D eigenvalue weighted by Crippen LogP contribution is 2.27. The third kappa shape index (κ3) is 4.42. The standard InChI is InChI=1S/C18H32N4/c1-14(2)22-13-17(19-20-22)16-8-7-10-21(11-9-16)12-15(3)18(4,5)6/h8,13-15H,7,9-12H2,1-6H3. The molecule has 0 spiro atoms. The van der Waals surface area contributed by atoms with Crippen molar-refractivity contribution in [1.82, 2.24) is 19.9 Å². The fourth-order valence-electron chi connectivity index (χ4n) is 2.67. The highest BCUT2D eigenvalue weighted by molar-refractivity contribution is 5.62. The molecule has 4 nitrogen and oxygen atoms in total. The molecule has 4 heteroatoms. The Labute approximate surface area is 135 Å². The fraction of sp³-hybridized carbons (Fsp3) is 0.778. The van der Waals surface area contributed by atoms with Crippen molar-refractivity contribution in [1.29, 1.82) is 0 Å². The lowest BCUT2D eigenvalue weighted by molar-refractivity contribution is 0.166. The molecule has 22 heavy (non-hydrogen) atoms. The monoisotopic (exact) mass is 304 g/mol. The van der Waals surface area contributed by atoms with Crippen molar-refractivity contribution in [3.8, 4) is 0 Å². The summed E-state index contributed by atoms with van der Waals surface area (Å²) in [5, 5.41) is 8.59. The van der Waals surface area contributed by atoms with Crippen LogP contribution in [-0.2, 0) is 0 Å². The van der Waals surface area contributed by atoms with E-state index in [2.05, 4.69) is 69.0 Å². The molecule has 0 amide bonds. The average Bonchev–Trinajstić information content (AvgIpc) is 2.80. The third-order valence-electron chi connectivity index (χ3n) is 4.91. The van der Waals surface area contributed by atoms with Gasteiger partial charge >= 0.3 is 0 Å². The predicted molar refractivity (Wildman–Crippen MR) is 92.7 cm³/mol. The molecule has 0 fully saturated rings. The molecule has 1 atom stereocenters. The van der Waals surface area contributed by atoms with Gasteiger partial charge in [-0.3, -0.25) is 0 Å². The van der Waals surface area contributed by atoms with Crippen molar-refractivity contribution < 1.29 is 0 Å². The second-order valence-electron chi connectivity index (χ2n) is 8.01. The zero-order chi connectivity index (χ0) is 16.3. The van der Waals surface area contributed by atoms with E-state index in [-0.39, 0.29) is 0 Å². The Bertz CT molecular complexity index is 507. The van der Waals surface area contributed by atoms with E-state index >= 15 is 0 Å². The van der Waals surface area contributed by atoms with Gasteiger partial charge in [-0.15, -0.1) is 5.10 Å². The molecule has 0 N–H and O–H groups in total. The van der Waals surface area contributed by atoms with Crippen molar-refractivity contribution >= 4 is 5.57 Å². The highest BCUT2D eigenvalue weighted by atomic mass is 15.4. The lowest BCUT2D eigenvalue weighted by Gasteiger charge is -2.32. The molecule has 2 rings (SSSR count). The highest BCUT2D eigenvalue weighted by Gasteiger charge is 2.23. The van der Waals surface area contributed by atoms with E-state index in [1.165, 1.54) is 12.1 Å². The molecular weight excluding hydrogens is 272 g/mol. The zero-order valence-electron chi connectivity index (χ0n) is 15.1. The minimum absolute atomic E-state index is 0.372. The molecule has 0 aromatic carbocycles. The normalized spacial score (nSPS) is 19.1. The first-order chi connectivity index (χ1) is 10.3. The second-order valence-corrected chi connectivity index (χ2v) is 8.01. The number of hydrogen-bond donors (Lipinski definition) is 0. The number of aromatic nitrogens is 3. The molecule has 2 heterocycles. The molecule has 0 bridgehead atoms. The largest absolute Gasteiger partial charge is 0.302 e. The SMILES string of the molecule is CC(C)n1cc(C2=CCCN(CC(C)C(C)(C)C)CC2)nn1. The van der Waals surface area contributed by atoms with Gasteiger partial charge in [-0.2, -0.15) is 0 Å². The van der Waals surface area contributed by atoms with Crippen LogP contribution in [0.2, 0.25) is 0 Å². The van der Waals surface area contributed by atoms with Crippen LogP contribution in [-0.4, -0.2) is 39.5 Å².